The minimum Gasteiger partial charge on any atom is -0.311 e. The van der Waals surface area contributed by atoms with Crippen LogP contribution in [-0.2, 0) is 15.0 Å². The Morgan fingerprint density at radius 3 is 1.01 bits per heavy atom. The predicted octanol–water partition coefficient (Wildman–Crippen LogP) is 18.7. The highest BCUT2D eigenvalue weighted by Gasteiger charge is 2.53. The fraction of sp³-hybridized carbons (Fsp3) is 0.254. The van der Waals surface area contributed by atoms with Gasteiger partial charge in [-0.05, 0) is 156 Å². The second-order valence-corrected chi connectivity index (χ2v) is 19.6. The summed E-state index contributed by atoms with van der Waals surface area (Å²) in [6, 6.07) is 68.7. The lowest BCUT2D eigenvalue weighted by atomic mass is 9.68. The van der Waals surface area contributed by atoms with Crippen LogP contribution in [0.15, 0.2) is 194 Å². The quantitative estimate of drug-likeness (QED) is 0.0501. The molecule has 71 heavy (non-hydrogen) atoms. The molecule has 4 nitrogen and oxygen atoms in total. The van der Waals surface area contributed by atoms with Crippen LogP contribution < -0.4 is 9.80 Å². The summed E-state index contributed by atoms with van der Waals surface area (Å²) < 4.78 is 0. The third-order valence-electron chi connectivity index (χ3n) is 14.5. The Bertz CT molecular complexity index is 2820. The number of carbonyl (C=O) groups excluding carboxylic acids is 2. The van der Waals surface area contributed by atoms with Gasteiger partial charge in [-0.2, -0.15) is 0 Å². The fourth-order valence-electron chi connectivity index (χ4n) is 10.6. The normalized spacial score (nSPS) is 12.3. The van der Waals surface area contributed by atoms with Gasteiger partial charge in [0.25, 0.3) is 0 Å². The molecule has 0 saturated heterocycles. The number of hydrogen-bond donors (Lipinski definition) is 0. The van der Waals surface area contributed by atoms with Crippen LogP contribution in [0.25, 0.3) is 33.4 Å². The van der Waals surface area contributed by atoms with Crippen LogP contribution in [0.1, 0.15) is 113 Å². The highest BCUT2D eigenvalue weighted by atomic mass is 16.2. The summed E-state index contributed by atoms with van der Waals surface area (Å²) in [6.07, 6.45) is 11.0. The van der Waals surface area contributed by atoms with Crippen molar-refractivity contribution >= 4 is 45.7 Å². The summed E-state index contributed by atoms with van der Waals surface area (Å²) >= 11 is 0. The maximum absolute atomic E-state index is 15.6. The summed E-state index contributed by atoms with van der Waals surface area (Å²) in [4.78, 5) is 35.7. The second kappa shape index (κ2) is 22.6. The molecule has 0 atom stereocenters. The van der Waals surface area contributed by atoms with Crippen molar-refractivity contribution in [1.29, 1.82) is 0 Å². The van der Waals surface area contributed by atoms with Crippen molar-refractivity contribution in [3.05, 3.63) is 216 Å². The van der Waals surface area contributed by atoms with E-state index in [1.165, 1.54) is 11.1 Å². The van der Waals surface area contributed by atoms with Gasteiger partial charge < -0.3 is 9.80 Å². The summed E-state index contributed by atoms with van der Waals surface area (Å²) in [6.45, 7) is 8.66. The van der Waals surface area contributed by atoms with E-state index in [4.69, 9.17) is 0 Å². The molecule has 8 aromatic carbocycles. The Labute approximate surface area is 423 Å². The number of hydrogen-bond acceptors (Lipinski definition) is 4. The van der Waals surface area contributed by atoms with Crippen LogP contribution in [0.2, 0.25) is 0 Å². The number of anilines is 6. The van der Waals surface area contributed by atoms with Gasteiger partial charge in [-0.3, -0.25) is 9.59 Å². The standard InChI is InChI=1S/C67H68N2O2/c1-5-7-9-11-19-25-65(70)67(66(71)26-20-12-10-8-6-2)63-47-53(51-31-41-59(42-32-51)68(55-21-15-13-16-22-55)57-37-27-49(3)28-38-57)35-45-61(63)62-46-36-54(48-64(62)67)52-33-43-60(44-34-52)69(56-23-17-14-18-24-56)58-39-29-50(4)30-40-58/h13-18,21-24,27-48H,5-12,19-20,25-26H2,1-4H3. The number of benzene rings is 8. The van der Waals surface area contributed by atoms with Gasteiger partial charge in [0.2, 0.25) is 0 Å². The molecule has 0 spiro atoms. The van der Waals surface area contributed by atoms with E-state index in [-0.39, 0.29) is 11.6 Å². The predicted molar refractivity (Wildman–Crippen MR) is 299 cm³/mol. The highest BCUT2D eigenvalue weighted by Crippen LogP contribution is 2.54. The van der Waals surface area contributed by atoms with Crippen LogP contribution in [0.3, 0.4) is 0 Å². The smallest absolute Gasteiger partial charge is 0.155 e. The molecule has 0 amide bonds. The topological polar surface area (TPSA) is 40.6 Å². The van der Waals surface area contributed by atoms with Gasteiger partial charge in [0.15, 0.2) is 11.6 Å². The molecule has 1 aliphatic rings. The van der Waals surface area contributed by atoms with Crippen molar-refractivity contribution in [2.45, 2.75) is 110 Å². The maximum Gasteiger partial charge on any atom is 0.155 e. The van der Waals surface area contributed by atoms with E-state index in [0.29, 0.717) is 12.8 Å². The van der Waals surface area contributed by atoms with E-state index in [0.717, 1.165) is 143 Å². The number of carbonyl (C=O) groups is 2. The van der Waals surface area contributed by atoms with Gasteiger partial charge in [0.05, 0.1) is 0 Å². The van der Waals surface area contributed by atoms with Crippen LogP contribution in [0.5, 0.6) is 0 Å². The summed E-state index contributed by atoms with van der Waals surface area (Å²) in [5.74, 6) is 0.0570. The number of para-hydroxylation sites is 2. The number of fused-ring (bicyclic) bond motifs is 3. The highest BCUT2D eigenvalue weighted by molar-refractivity contribution is 6.20. The van der Waals surface area contributed by atoms with Crippen LogP contribution in [-0.4, -0.2) is 11.6 Å². The third-order valence-corrected chi connectivity index (χ3v) is 14.5. The number of ketones is 2. The molecule has 0 radical (unpaired) electrons. The average molecular weight is 933 g/mol. The molecule has 0 aliphatic heterocycles. The zero-order chi connectivity index (χ0) is 49.2. The lowest BCUT2D eigenvalue weighted by Crippen LogP contribution is -2.43. The molecule has 9 rings (SSSR count). The third kappa shape index (κ3) is 10.4. The summed E-state index contributed by atoms with van der Waals surface area (Å²) in [7, 11) is 0. The Kier molecular flexibility index (Phi) is 15.5. The molecule has 8 aromatic rings. The fourth-order valence-corrected chi connectivity index (χ4v) is 10.6. The van der Waals surface area contributed by atoms with Gasteiger partial charge in [0, 0.05) is 47.0 Å². The molecule has 0 heterocycles. The van der Waals surface area contributed by atoms with Crippen LogP contribution >= 0.6 is 0 Å². The lowest BCUT2D eigenvalue weighted by Gasteiger charge is -2.30. The van der Waals surface area contributed by atoms with Crippen molar-refractivity contribution < 1.29 is 9.59 Å². The van der Waals surface area contributed by atoms with E-state index in [2.05, 4.69) is 219 Å². The Balaban J connectivity index is 1.13. The molecule has 358 valence electrons. The van der Waals surface area contributed by atoms with Crippen molar-refractivity contribution in [2.75, 3.05) is 9.80 Å². The van der Waals surface area contributed by atoms with Crippen molar-refractivity contribution in [1.82, 2.24) is 0 Å². The number of Topliss-reactive ketones (excluding diaryl/α,β-unsaturated/α-hetero) is 2. The Morgan fingerprint density at radius 1 is 0.352 bits per heavy atom. The average Bonchev–Trinajstić information content (AvgIpc) is 3.70. The molecule has 4 heteroatoms. The minimum atomic E-state index is -1.41. The molecule has 0 bridgehead atoms. The SMILES string of the molecule is CCCCCCCC(=O)C1(C(=O)CCCCCCC)c2cc(-c3ccc(N(c4ccccc4)c4ccc(C)cc4)cc3)ccc2-c2ccc(-c3ccc(N(c4ccccc4)c4ccc(C)cc4)cc3)cc21. The first kappa shape index (κ1) is 48.7. The monoisotopic (exact) mass is 933 g/mol. The Hall–Kier alpha value is -7.30. The van der Waals surface area contributed by atoms with Crippen molar-refractivity contribution in [3.8, 4) is 33.4 Å². The van der Waals surface area contributed by atoms with Gasteiger partial charge in [-0.1, -0.05) is 186 Å². The van der Waals surface area contributed by atoms with E-state index in [1.54, 1.807) is 0 Å². The van der Waals surface area contributed by atoms with Gasteiger partial charge in [-0.15, -0.1) is 0 Å². The molecule has 0 saturated carbocycles. The first-order valence-electron chi connectivity index (χ1n) is 26.2. The molecule has 0 N–H and O–H groups in total. The minimum absolute atomic E-state index is 0.0285. The van der Waals surface area contributed by atoms with Crippen molar-refractivity contribution in [3.63, 3.8) is 0 Å². The first-order valence-corrected chi connectivity index (χ1v) is 26.2. The van der Waals surface area contributed by atoms with E-state index < -0.39 is 5.41 Å². The van der Waals surface area contributed by atoms with E-state index in [9.17, 15) is 0 Å². The van der Waals surface area contributed by atoms with Gasteiger partial charge in [-0.25, -0.2) is 0 Å². The molecule has 0 fully saturated rings. The molecule has 0 unspecified atom stereocenters. The maximum atomic E-state index is 15.6. The number of aryl methyl sites for hydroxylation is 2. The van der Waals surface area contributed by atoms with Crippen molar-refractivity contribution in [2.24, 2.45) is 0 Å². The first-order chi connectivity index (χ1) is 34.8. The van der Waals surface area contributed by atoms with E-state index >= 15 is 9.59 Å². The number of nitrogens with zero attached hydrogens (tertiary/aromatic N) is 2. The summed E-state index contributed by atoms with van der Waals surface area (Å²) in [5, 5.41) is 0. The second-order valence-electron chi connectivity index (χ2n) is 19.6. The zero-order valence-corrected chi connectivity index (χ0v) is 42.2. The van der Waals surface area contributed by atoms with Gasteiger partial charge >= 0.3 is 0 Å². The summed E-state index contributed by atoms with van der Waals surface area (Å²) in [5.41, 5.74) is 15.1. The van der Waals surface area contributed by atoms with Crippen LogP contribution in [0, 0.1) is 13.8 Å². The van der Waals surface area contributed by atoms with E-state index in [1.807, 2.05) is 12.1 Å². The molecule has 1 aliphatic carbocycles. The molecular formula is C67H68N2O2. The largest absolute Gasteiger partial charge is 0.311 e. The Morgan fingerprint density at radius 2 is 0.662 bits per heavy atom. The lowest BCUT2D eigenvalue weighted by molar-refractivity contribution is -0.133. The van der Waals surface area contributed by atoms with Crippen LogP contribution in [0.4, 0.5) is 34.1 Å². The number of rotatable bonds is 22. The molecular weight excluding hydrogens is 865 g/mol. The zero-order valence-electron chi connectivity index (χ0n) is 42.2. The molecule has 0 aromatic heterocycles. The number of unbranched alkanes of at least 4 members (excludes halogenated alkanes) is 8. The van der Waals surface area contributed by atoms with Gasteiger partial charge in [0.1, 0.15) is 5.41 Å².